The van der Waals surface area contributed by atoms with Crippen LogP contribution >= 0.6 is 23.2 Å². The molecule has 0 aromatic heterocycles. The Morgan fingerprint density at radius 3 is 2.39 bits per heavy atom. The average Bonchev–Trinajstić information content (AvgIpc) is 2.71. The number of sulfonamides is 1. The molecule has 31 heavy (non-hydrogen) atoms. The summed E-state index contributed by atoms with van der Waals surface area (Å²) in [5.74, 6) is -0.630. The van der Waals surface area contributed by atoms with E-state index < -0.39 is 31.3 Å². The van der Waals surface area contributed by atoms with Gasteiger partial charge in [-0.3, -0.25) is 20.3 Å². The number of para-hydroxylation sites is 1. The summed E-state index contributed by atoms with van der Waals surface area (Å²) in [5.41, 5.74) is 1.99. The van der Waals surface area contributed by atoms with Crippen LogP contribution in [0.25, 0.3) is 0 Å². The van der Waals surface area contributed by atoms with Crippen LogP contribution in [0.2, 0.25) is 10.0 Å². The molecule has 0 fully saturated rings. The quantitative estimate of drug-likeness (QED) is 0.269. The van der Waals surface area contributed by atoms with E-state index in [0.29, 0.717) is 0 Å². The number of nitro groups is 1. The zero-order valence-electron chi connectivity index (χ0n) is 15.4. The van der Waals surface area contributed by atoms with Crippen LogP contribution < -0.4 is 10.1 Å². The molecule has 0 atom stereocenters. The molecule has 160 valence electrons. The Bertz CT molecular complexity index is 1270. The Kier molecular flexibility index (Phi) is 6.74. The third-order valence-corrected chi connectivity index (χ3v) is 6.03. The fraction of sp³-hybridized carbons (Fsp3) is 0. The molecule has 3 rings (SSSR count). The molecule has 0 amide bonds. The van der Waals surface area contributed by atoms with E-state index in [1.54, 1.807) is 12.1 Å². The maximum absolute atomic E-state index is 13.9. The molecule has 8 nitrogen and oxygen atoms in total. The monoisotopic (exact) mass is 482 g/mol. The van der Waals surface area contributed by atoms with Crippen molar-refractivity contribution in [1.82, 2.24) is 0 Å². The van der Waals surface area contributed by atoms with E-state index in [-0.39, 0.29) is 27.0 Å². The number of nitro benzene ring substituents is 1. The number of non-ortho nitro benzene ring substituents is 1. The number of hydrazone groups is 1. The van der Waals surface area contributed by atoms with Crippen molar-refractivity contribution in [3.05, 3.63) is 92.2 Å². The molecule has 12 heteroatoms. The first-order valence-electron chi connectivity index (χ1n) is 8.48. The SMILES string of the molecule is O=[N+]([O-])c1ccc(N/N=C/c2c(F)cccc2Cl)c(S(=O)(=O)Nc2ccccc2Cl)c1. The smallest absolute Gasteiger partial charge is 0.270 e. The third kappa shape index (κ3) is 5.29. The Hall–Kier alpha value is -3.21. The van der Waals surface area contributed by atoms with Crippen LogP contribution in [0.1, 0.15) is 5.56 Å². The summed E-state index contributed by atoms with van der Waals surface area (Å²) in [6.07, 6.45) is 1.07. The summed E-state index contributed by atoms with van der Waals surface area (Å²) in [5, 5.41) is 15.2. The van der Waals surface area contributed by atoms with E-state index in [4.69, 9.17) is 23.2 Å². The first-order chi connectivity index (χ1) is 14.7. The molecule has 0 aliphatic heterocycles. The van der Waals surface area contributed by atoms with Gasteiger partial charge in [0.15, 0.2) is 0 Å². The summed E-state index contributed by atoms with van der Waals surface area (Å²) >= 11 is 11.9. The second kappa shape index (κ2) is 9.29. The van der Waals surface area contributed by atoms with E-state index in [2.05, 4.69) is 15.2 Å². The number of anilines is 2. The summed E-state index contributed by atoms with van der Waals surface area (Å²) in [7, 11) is -4.31. The fourth-order valence-corrected chi connectivity index (χ4v) is 4.19. The van der Waals surface area contributed by atoms with Gasteiger partial charge in [0.05, 0.1) is 32.6 Å². The summed E-state index contributed by atoms with van der Waals surface area (Å²) < 4.78 is 42.0. The van der Waals surface area contributed by atoms with Gasteiger partial charge in [-0.2, -0.15) is 5.10 Å². The molecule has 0 spiro atoms. The standard InChI is InChI=1S/C19H13Cl2FN4O4S/c20-14-5-3-6-16(22)13(14)11-23-24-18-9-8-12(26(27)28)10-19(18)31(29,30)25-17-7-2-1-4-15(17)21/h1-11,24-25H/b23-11+. The number of nitrogens with zero attached hydrogens (tertiary/aromatic N) is 2. The Morgan fingerprint density at radius 2 is 1.71 bits per heavy atom. The van der Waals surface area contributed by atoms with Crippen molar-refractivity contribution in [2.24, 2.45) is 5.10 Å². The Balaban J connectivity index is 1.99. The molecule has 3 aromatic carbocycles. The first-order valence-corrected chi connectivity index (χ1v) is 10.7. The van der Waals surface area contributed by atoms with Crippen molar-refractivity contribution in [3.63, 3.8) is 0 Å². The molecule has 0 saturated carbocycles. The van der Waals surface area contributed by atoms with Gasteiger partial charge >= 0.3 is 0 Å². The van der Waals surface area contributed by atoms with Gasteiger partial charge in [0, 0.05) is 17.7 Å². The second-order valence-electron chi connectivity index (χ2n) is 6.03. The van der Waals surface area contributed by atoms with Crippen LogP contribution in [-0.2, 0) is 10.0 Å². The molecule has 0 unspecified atom stereocenters. The van der Waals surface area contributed by atoms with E-state index in [1.807, 2.05) is 0 Å². The number of rotatable bonds is 7. The van der Waals surface area contributed by atoms with Crippen molar-refractivity contribution >= 4 is 56.5 Å². The predicted molar refractivity (Wildman–Crippen MR) is 118 cm³/mol. The van der Waals surface area contributed by atoms with Crippen molar-refractivity contribution in [2.75, 3.05) is 10.1 Å². The number of halogens is 3. The molecule has 0 bridgehead atoms. The first kappa shape index (κ1) is 22.5. The van der Waals surface area contributed by atoms with Crippen molar-refractivity contribution in [1.29, 1.82) is 0 Å². The molecule has 2 N–H and O–H groups in total. The maximum atomic E-state index is 13.9. The topological polar surface area (TPSA) is 114 Å². The minimum absolute atomic E-state index is 0.0165. The minimum atomic E-state index is -4.31. The predicted octanol–water partition coefficient (Wildman–Crippen LogP) is 5.29. The molecular formula is C19H13Cl2FN4O4S. The number of hydrogen-bond donors (Lipinski definition) is 2. The van der Waals surface area contributed by atoms with Gasteiger partial charge in [-0.1, -0.05) is 41.4 Å². The molecule has 0 heterocycles. The van der Waals surface area contributed by atoms with Gasteiger partial charge < -0.3 is 0 Å². The van der Waals surface area contributed by atoms with Crippen LogP contribution in [0.3, 0.4) is 0 Å². The summed E-state index contributed by atoms with van der Waals surface area (Å²) in [6, 6.07) is 13.3. The molecule has 0 saturated heterocycles. The molecular weight excluding hydrogens is 470 g/mol. The van der Waals surface area contributed by atoms with Crippen LogP contribution in [0.5, 0.6) is 0 Å². The number of nitrogens with one attached hydrogen (secondary N) is 2. The summed E-state index contributed by atoms with van der Waals surface area (Å²) in [4.78, 5) is 9.95. The fourth-order valence-electron chi connectivity index (χ4n) is 2.48. The minimum Gasteiger partial charge on any atom is -0.278 e. The highest BCUT2D eigenvalue weighted by Crippen LogP contribution is 2.30. The highest BCUT2D eigenvalue weighted by Gasteiger charge is 2.23. The zero-order valence-corrected chi connectivity index (χ0v) is 17.7. The van der Waals surface area contributed by atoms with E-state index in [9.17, 15) is 22.9 Å². The van der Waals surface area contributed by atoms with Crippen molar-refractivity contribution in [2.45, 2.75) is 4.90 Å². The lowest BCUT2D eigenvalue weighted by Crippen LogP contribution is -2.15. The van der Waals surface area contributed by atoms with Gasteiger partial charge in [-0.15, -0.1) is 0 Å². The third-order valence-electron chi connectivity index (χ3n) is 3.96. The number of benzene rings is 3. The summed E-state index contributed by atoms with van der Waals surface area (Å²) in [6.45, 7) is 0. The van der Waals surface area contributed by atoms with Crippen LogP contribution in [-0.4, -0.2) is 19.6 Å². The second-order valence-corrected chi connectivity index (χ2v) is 8.49. The van der Waals surface area contributed by atoms with Crippen LogP contribution in [0, 0.1) is 15.9 Å². The highest BCUT2D eigenvalue weighted by molar-refractivity contribution is 7.93. The molecule has 0 aliphatic rings. The van der Waals surface area contributed by atoms with Gasteiger partial charge in [0.25, 0.3) is 15.7 Å². The van der Waals surface area contributed by atoms with E-state index in [1.165, 1.54) is 36.4 Å². The van der Waals surface area contributed by atoms with Crippen molar-refractivity contribution < 1.29 is 17.7 Å². The van der Waals surface area contributed by atoms with E-state index in [0.717, 1.165) is 18.3 Å². The largest absolute Gasteiger partial charge is 0.278 e. The molecule has 0 aliphatic carbocycles. The maximum Gasteiger partial charge on any atom is 0.270 e. The molecule has 3 aromatic rings. The Labute approximate surface area is 186 Å². The Morgan fingerprint density at radius 1 is 1.00 bits per heavy atom. The number of hydrogen-bond acceptors (Lipinski definition) is 6. The highest BCUT2D eigenvalue weighted by atomic mass is 35.5. The zero-order chi connectivity index (χ0) is 22.6. The lowest BCUT2D eigenvalue weighted by Gasteiger charge is -2.13. The van der Waals surface area contributed by atoms with E-state index >= 15 is 0 Å². The van der Waals surface area contributed by atoms with Crippen LogP contribution in [0.4, 0.5) is 21.5 Å². The normalized spacial score (nSPS) is 11.5. The average molecular weight is 483 g/mol. The van der Waals surface area contributed by atoms with Crippen LogP contribution in [0.15, 0.2) is 70.7 Å². The van der Waals surface area contributed by atoms with Gasteiger partial charge in [-0.25, -0.2) is 12.8 Å². The molecule has 0 radical (unpaired) electrons. The van der Waals surface area contributed by atoms with Gasteiger partial charge in [0.1, 0.15) is 10.7 Å². The van der Waals surface area contributed by atoms with Gasteiger partial charge in [-0.05, 0) is 30.3 Å². The van der Waals surface area contributed by atoms with Crippen molar-refractivity contribution in [3.8, 4) is 0 Å². The lowest BCUT2D eigenvalue weighted by molar-refractivity contribution is -0.385. The lowest BCUT2D eigenvalue weighted by atomic mass is 10.2. The van der Waals surface area contributed by atoms with Gasteiger partial charge in [0.2, 0.25) is 0 Å².